The molecule has 0 saturated heterocycles. The van der Waals surface area contributed by atoms with E-state index in [1.807, 2.05) is 19.1 Å². The van der Waals surface area contributed by atoms with Gasteiger partial charge < -0.3 is 9.84 Å². The van der Waals surface area contributed by atoms with Crippen LogP contribution in [0.2, 0.25) is 0 Å². The van der Waals surface area contributed by atoms with E-state index in [2.05, 4.69) is 4.99 Å². The fourth-order valence-corrected chi connectivity index (χ4v) is 4.53. The van der Waals surface area contributed by atoms with Gasteiger partial charge in [-0.2, -0.15) is 0 Å². The predicted molar refractivity (Wildman–Crippen MR) is 89.2 cm³/mol. The van der Waals surface area contributed by atoms with Gasteiger partial charge >= 0.3 is 11.9 Å². The Balaban J connectivity index is 1.90. The number of nitrogens with zero attached hydrogens (tertiary/aromatic N) is 1. The first-order chi connectivity index (χ1) is 11.0. The van der Waals surface area contributed by atoms with Crippen molar-refractivity contribution >= 4 is 28.7 Å². The number of hydrogen-bond donors (Lipinski definition) is 1. The van der Waals surface area contributed by atoms with Gasteiger partial charge in [-0.3, -0.25) is 4.99 Å². The molecule has 1 unspecified atom stereocenters. The summed E-state index contributed by atoms with van der Waals surface area (Å²) in [6.07, 6.45) is 2.43. The van der Waals surface area contributed by atoms with Crippen LogP contribution in [-0.4, -0.2) is 40.5 Å². The molecule has 1 saturated carbocycles. The van der Waals surface area contributed by atoms with Crippen molar-refractivity contribution in [3.05, 3.63) is 35.4 Å². The normalized spacial score (nSPS) is 24.9. The molecule has 0 spiro atoms. The molecule has 0 amide bonds. The van der Waals surface area contributed by atoms with Crippen molar-refractivity contribution in [3.8, 4) is 0 Å². The Morgan fingerprint density at radius 3 is 2.39 bits per heavy atom. The molecule has 3 rings (SSSR count). The van der Waals surface area contributed by atoms with E-state index >= 15 is 0 Å². The Labute approximate surface area is 139 Å². The van der Waals surface area contributed by atoms with Crippen molar-refractivity contribution in [1.29, 1.82) is 0 Å². The van der Waals surface area contributed by atoms with E-state index in [0.29, 0.717) is 17.7 Å². The fourth-order valence-electron chi connectivity index (χ4n) is 2.93. The quantitative estimate of drug-likeness (QED) is 0.839. The van der Waals surface area contributed by atoms with Crippen molar-refractivity contribution in [2.24, 2.45) is 4.99 Å². The lowest BCUT2D eigenvalue weighted by atomic mass is 9.94. The van der Waals surface area contributed by atoms with Crippen molar-refractivity contribution < 1.29 is 19.4 Å². The maximum atomic E-state index is 11.6. The van der Waals surface area contributed by atoms with E-state index in [4.69, 9.17) is 4.74 Å². The average molecular weight is 333 g/mol. The lowest BCUT2D eigenvalue weighted by molar-refractivity contribution is -0.142. The summed E-state index contributed by atoms with van der Waals surface area (Å²) in [5.41, 5.74) is 0.461. The third-order valence-corrected chi connectivity index (χ3v) is 6.14. The molecule has 1 aliphatic carbocycles. The number of carbonyl (C=O) groups excluding carboxylic acids is 1. The highest BCUT2D eigenvalue weighted by atomic mass is 32.2. The van der Waals surface area contributed by atoms with Gasteiger partial charge in [-0.1, -0.05) is 19.1 Å². The van der Waals surface area contributed by atoms with Crippen LogP contribution in [0.4, 0.5) is 0 Å². The van der Waals surface area contributed by atoms with Crippen LogP contribution in [-0.2, 0) is 14.9 Å². The molecule has 122 valence electrons. The molecule has 23 heavy (non-hydrogen) atoms. The number of hydrogen-bond acceptors (Lipinski definition) is 5. The molecule has 1 aliphatic heterocycles. The number of carbonyl (C=O) groups is 2. The maximum absolute atomic E-state index is 11.6. The zero-order chi connectivity index (χ0) is 16.7. The zero-order valence-electron chi connectivity index (χ0n) is 13.2. The molecular weight excluding hydrogens is 314 g/mol. The molecule has 0 aromatic heterocycles. The molecule has 1 fully saturated rings. The lowest BCUT2D eigenvalue weighted by Crippen LogP contribution is -2.36. The number of carboxylic acids is 1. The van der Waals surface area contributed by atoms with Gasteiger partial charge in [0.2, 0.25) is 0 Å². The number of thioether (sulfide) groups is 1. The number of carboxylic acid groups (broad SMARTS) is 1. The van der Waals surface area contributed by atoms with E-state index in [-0.39, 0.29) is 11.4 Å². The highest BCUT2D eigenvalue weighted by Crippen LogP contribution is 2.54. The van der Waals surface area contributed by atoms with Gasteiger partial charge in [-0.15, -0.1) is 11.8 Å². The summed E-state index contributed by atoms with van der Waals surface area (Å²) in [7, 11) is 1.36. The Hall–Kier alpha value is -1.82. The second kappa shape index (κ2) is 5.67. The largest absolute Gasteiger partial charge is 0.479 e. The molecule has 1 atom stereocenters. The molecular formula is C17H19NO4S. The van der Waals surface area contributed by atoms with Gasteiger partial charge in [-0.05, 0) is 37.0 Å². The Morgan fingerprint density at radius 2 is 1.96 bits per heavy atom. The van der Waals surface area contributed by atoms with Crippen LogP contribution in [0.5, 0.6) is 0 Å². The second-order valence-electron chi connectivity index (χ2n) is 6.05. The first-order valence-corrected chi connectivity index (χ1v) is 8.61. The molecule has 1 aromatic rings. The number of aliphatic carboxylic acids is 1. The third-order valence-electron chi connectivity index (χ3n) is 4.76. The Morgan fingerprint density at radius 1 is 1.30 bits per heavy atom. The average Bonchev–Trinajstić information content (AvgIpc) is 3.26. The highest BCUT2D eigenvalue weighted by molar-refractivity contribution is 8.14. The van der Waals surface area contributed by atoms with Crippen LogP contribution in [0, 0.1) is 0 Å². The van der Waals surface area contributed by atoms with Crippen LogP contribution >= 0.6 is 11.8 Å². The first-order valence-electron chi connectivity index (χ1n) is 7.63. The minimum atomic E-state index is -0.985. The van der Waals surface area contributed by atoms with Gasteiger partial charge in [0, 0.05) is 11.2 Å². The summed E-state index contributed by atoms with van der Waals surface area (Å²) in [5, 5.41) is 10.4. The van der Waals surface area contributed by atoms with Gasteiger partial charge in [0.05, 0.1) is 17.7 Å². The molecule has 6 heteroatoms. The topological polar surface area (TPSA) is 76.0 Å². The van der Waals surface area contributed by atoms with E-state index in [9.17, 15) is 14.7 Å². The predicted octanol–water partition coefficient (Wildman–Crippen LogP) is 2.88. The summed E-state index contributed by atoms with van der Waals surface area (Å²) in [5.74, 6) is -0.708. The standard InChI is InChI=1S/C17H19NO4S/c1-3-17(15(20)21)10-23-14(18-17)16(8-9-16)12-6-4-11(5-7-12)13(19)22-2/h4-7H,3,8-10H2,1-2H3,(H,20,21). The maximum Gasteiger partial charge on any atom is 0.337 e. The van der Waals surface area contributed by atoms with Gasteiger partial charge in [0.15, 0.2) is 5.54 Å². The number of esters is 1. The zero-order valence-corrected chi connectivity index (χ0v) is 14.0. The monoisotopic (exact) mass is 333 g/mol. The summed E-state index contributed by atoms with van der Waals surface area (Å²) in [6, 6.07) is 7.36. The van der Waals surface area contributed by atoms with E-state index < -0.39 is 11.5 Å². The first kappa shape index (κ1) is 16.1. The number of rotatable bonds is 5. The summed E-state index contributed by atoms with van der Waals surface area (Å²) in [6.45, 7) is 1.87. The second-order valence-corrected chi connectivity index (χ2v) is 7.01. The SMILES string of the molecule is CCC1(C(=O)O)CSC(C2(c3ccc(C(=O)OC)cc3)CC2)=N1. The molecule has 0 bridgehead atoms. The molecule has 1 aromatic carbocycles. The number of methoxy groups -OCH3 is 1. The van der Waals surface area contributed by atoms with Crippen LogP contribution in [0.3, 0.4) is 0 Å². The van der Waals surface area contributed by atoms with E-state index in [1.165, 1.54) is 7.11 Å². The molecule has 5 nitrogen and oxygen atoms in total. The van der Waals surface area contributed by atoms with Crippen LogP contribution in [0.25, 0.3) is 0 Å². The van der Waals surface area contributed by atoms with Crippen LogP contribution in [0.1, 0.15) is 42.1 Å². The highest BCUT2D eigenvalue weighted by Gasteiger charge is 2.54. The van der Waals surface area contributed by atoms with Crippen molar-refractivity contribution in [2.75, 3.05) is 12.9 Å². The van der Waals surface area contributed by atoms with Crippen molar-refractivity contribution in [2.45, 2.75) is 37.1 Å². The third kappa shape index (κ3) is 2.55. The van der Waals surface area contributed by atoms with E-state index in [0.717, 1.165) is 23.4 Å². The molecule has 1 heterocycles. The minimum Gasteiger partial charge on any atom is -0.479 e. The van der Waals surface area contributed by atoms with Gasteiger partial charge in [0.1, 0.15) is 0 Å². The minimum absolute atomic E-state index is 0.161. The molecule has 0 radical (unpaired) electrons. The number of ether oxygens (including phenoxy) is 1. The Kier molecular flexibility index (Phi) is 3.96. The fraction of sp³-hybridized carbons (Fsp3) is 0.471. The smallest absolute Gasteiger partial charge is 0.337 e. The van der Waals surface area contributed by atoms with E-state index in [1.54, 1.807) is 23.9 Å². The van der Waals surface area contributed by atoms with Gasteiger partial charge in [-0.25, -0.2) is 9.59 Å². The number of aliphatic imine (C=N–C) groups is 1. The Bertz CT molecular complexity index is 678. The van der Waals surface area contributed by atoms with Crippen LogP contribution < -0.4 is 0 Å². The lowest BCUT2D eigenvalue weighted by Gasteiger charge is -2.18. The van der Waals surface area contributed by atoms with Crippen molar-refractivity contribution in [1.82, 2.24) is 0 Å². The molecule has 2 aliphatic rings. The van der Waals surface area contributed by atoms with Crippen molar-refractivity contribution in [3.63, 3.8) is 0 Å². The summed E-state index contributed by atoms with van der Waals surface area (Å²) < 4.78 is 4.71. The summed E-state index contributed by atoms with van der Waals surface area (Å²) >= 11 is 1.56. The van der Waals surface area contributed by atoms with Crippen LogP contribution in [0.15, 0.2) is 29.3 Å². The summed E-state index contributed by atoms with van der Waals surface area (Å²) in [4.78, 5) is 27.7. The number of benzene rings is 1. The van der Waals surface area contributed by atoms with Gasteiger partial charge in [0.25, 0.3) is 0 Å². The molecule has 1 N–H and O–H groups in total.